The molecule has 0 unspecified atom stereocenters. The van der Waals surface area contributed by atoms with Crippen molar-refractivity contribution in [1.82, 2.24) is 15.2 Å². The maximum Gasteiger partial charge on any atom is 0.270 e. The summed E-state index contributed by atoms with van der Waals surface area (Å²) in [5.41, 5.74) is 1.04. The van der Waals surface area contributed by atoms with E-state index in [2.05, 4.69) is 48.2 Å². The Hall–Kier alpha value is -2.47. The predicted molar refractivity (Wildman–Crippen MR) is 118 cm³/mol. The van der Waals surface area contributed by atoms with E-state index in [0.717, 1.165) is 6.54 Å². The van der Waals surface area contributed by atoms with Crippen LogP contribution in [0.25, 0.3) is 0 Å². The molecule has 0 radical (unpaired) electrons. The maximum atomic E-state index is 12.3. The fourth-order valence-corrected chi connectivity index (χ4v) is 3.52. The molecule has 0 bridgehead atoms. The van der Waals surface area contributed by atoms with E-state index in [1.807, 2.05) is 6.07 Å². The molecule has 1 aromatic carbocycles. The molecule has 9 heteroatoms. The third kappa shape index (κ3) is 7.13. The number of halogens is 1. The smallest absolute Gasteiger partial charge is 0.270 e. The zero-order valence-corrected chi connectivity index (χ0v) is 18.6. The lowest BCUT2D eigenvalue weighted by molar-refractivity contribution is 0.0934. The molecule has 156 valence electrons. The van der Waals surface area contributed by atoms with Gasteiger partial charge in [-0.1, -0.05) is 6.07 Å². The van der Waals surface area contributed by atoms with Crippen LogP contribution in [0, 0.1) is 11.3 Å². The summed E-state index contributed by atoms with van der Waals surface area (Å²) in [5, 5.41) is 16.4. The second kappa shape index (κ2) is 11.5. The number of carbonyl (C=O) groups excluding carboxylic acids is 2. The van der Waals surface area contributed by atoms with E-state index in [0.29, 0.717) is 34.9 Å². The molecule has 0 atom stereocenters. The molecule has 2 amide bonds. The summed E-state index contributed by atoms with van der Waals surface area (Å²) >= 11 is 1.18. The molecule has 2 N–H and O–H groups in total. The van der Waals surface area contributed by atoms with Crippen LogP contribution in [0.1, 0.15) is 54.1 Å². The molecule has 0 aliphatic carbocycles. The van der Waals surface area contributed by atoms with Gasteiger partial charge in [-0.3, -0.25) is 19.8 Å². The summed E-state index contributed by atoms with van der Waals surface area (Å²) in [7, 11) is 0. The SMILES string of the molecule is CC(C)N(CCNC(=O)c1csc(NC(=O)c2cccc(C#N)c2)n1)C(C)C.Cl. The van der Waals surface area contributed by atoms with Crippen molar-refractivity contribution in [3.63, 3.8) is 0 Å². The van der Waals surface area contributed by atoms with Gasteiger partial charge in [0.05, 0.1) is 11.6 Å². The maximum absolute atomic E-state index is 12.3. The Morgan fingerprint density at radius 3 is 2.52 bits per heavy atom. The lowest BCUT2D eigenvalue weighted by atomic mass is 10.1. The Kier molecular flexibility index (Phi) is 9.75. The summed E-state index contributed by atoms with van der Waals surface area (Å²) in [6, 6.07) is 9.19. The number of aromatic nitrogens is 1. The van der Waals surface area contributed by atoms with Crippen LogP contribution >= 0.6 is 23.7 Å². The number of anilines is 1. The highest BCUT2D eigenvalue weighted by molar-refractivity contribution is 7.14. The topological polar surface area (TPSA) is 98.1 Å². The van der Waals surface area contributed by atoms with Gasteiger partial charge < -0.3 is 5.32 Å². The molecular formula is C20H26ClN5O2S. The van der Waals surface area contributed by atoms with Gasteiger partial charge in [0, 0.05) is 36.1 Å². The third-order valence-corrected chi connectivity index (χ3v) is 4.95. The number of carbonyl (C=O) groups is 2. The minimum absolute atomic E-state index is 0. The molecule has 0 saturated carbocycles. The van der Waals surface area contributed by atoms with E-state index in [1.165, 1.54) is 17.4 Å². The molecule has 2 rings (SSSR count). The van der Waals surface area contributed by atoms with Crippen LogP contribution in [-0.4, -0.2) is 46.9 Å². The normalized spacial score (nSPS) is 10.6. The minimum atomic E-state index is -0.372. The van der Waals surface area contributed by atoms with Crippen molar-refractivity contribution in [2.75, 3.05) is 18.4 Å². The molecule has 1 heterocycles. The van der Waals surface area contributed by atoms with Crippen LogP contribution < -0.4 is 10.6 Å². The zero-order valence-electron chi connectivity index (χ0n) is 16.9. The molecular weight excluding hydrogens is 410 g/mol. The van der Waals surface area contributed by atoms with E-state index in [9.17, 15) is 9.59 Å². The van der Waals surface area contributed by atoms with Crippen molar-refractivity contribution in [1.29, 1.82) is 5.26 Å². The lowest BCUT2D eigenvalue weighted by Gasteiger charge is -2.30. The standard InChI is InChI=1S/C20H25N5O2S.ClH/c1-13(2)25(14(3)4)9-8-22-19(27)17-12-28-20(23-17)24-18(26)16-7-5-6-15(10-16)11-21;/h5-7,10,12-14H,8-9H2,1-4H3,(H,22,27)(H,23,24,26);1H. The van der Waals surface area contributed by atoms with E-state index in [-0.39, 0.29) is 29.9 Å². The molecule has 1 aromatic heterocycles. The van der Waals surface area contributed by atoms with Crippen LogP contribution in [0.4, 0.5) is 5.13 Å². The molecule has 7 nitrogen and oxygen atoms in total. The van der Waals surface area contributed by atoms with Gasteiger partial charge in [-0.15, -0.1) is 23.7 Å². The fourth-order valence-electron chi connectivity index (χ4n) is 2.84. The predicted octanol–water partition coefficient (Wildman–Crippen LogP) is 3.54. The molecule has 0 spiro atoms. The van der Waals surface area contributed by atoms with Crippen LogP contribution in [0.15, 0.2) is 29.6 Å². The number of hydrogen-bond acceptors (Lipinski definition) is 6. The highest BCUT2D eigenvalue weighted by atomic mass is 35.5. The van der Waals surface area contributed by atoms with Gasteiger partial charge in [0.15, 0.2) is 5.13 Å². The number of nitriles is 1. The number of nitrogens with zero attached hydrogens (tertiary/aromatic N) is 3. The van der Waals surface area contributed by atoms with Crippen molar-refractivity contribution in [2.45, 2.75) is 39.8 Å². The highest BCUT2D eigenvalue weighted by Gasteiger charge is 2.16. The van der Waals surface area contributed by atoms with Crippen LogP contribution in [0.5, 0.6) is 0 Å². The largest absolute Gasteiger partial charge is 0.349 e. The molecule has 2 aromatic rings. The summed E-state index contributed by atoms with van der Waals surface area (Å²) in [6.45, 7) is 9.79. The first-order chi connectivity index (χ1) is 13.3. The molecule has 0 aliphatic rings. The van der Waals surface area contributed by atoms with Gasteiger partial charge in [-0.2, -0.15) is 5.26 Å². The Morgan fingerprint density at radius 1 is 1.21 bits per heavy atom. The Bertz CT molecular complexity index is 868. The monoisotopic (exact) mass is 435 g/mol. The molecule has 0 fully saturated rings. The average molecular weight is 436 g/mol. The van der Waals surface area contributed by atoms with Gasteiger partial charge in [-0.05, 0) is 45.9 Å². The quantitative estimate of drug-likeness (QED) is 0.660. The van der Waals surface area contributed by atoms with E-state index in [1.54, 1.807) is 23.6 Å². The second-order valence-corrected chi connectivity index (χ2v) is 7.72. The van der Waals surface area contributed by atoms with Crippen LogP contribution in [0.2, 0.25) is 0 Å². The molecule has 29 heavy (non-hydrogen) atoms. The lowest BCUT2D eigenvalue weighted by Crippen LogP contribution is -2.42. The summed E-state index contributed by atoms with van der Waals surface area (Å²) < 4.78 is 0. The number of nitrogens with one attached hydrogen (secondary N) is 2. The van der Waals surface area contributed by atoms with E-state index >= 15 is 0 Å². The number of amides is 2. The first-order valence-corrected chi connectivity index (χ1v) is 10.0. The third-order valence-electron chi connectivity index (χ3n) is 4.19. The fraction of sp³-hybridized carbons (Fsp3) is 0.400. The van der Waals surface area contributed by atoms with Gasteiger partial charge in [0.25, 0.3) is 11.8 Å². The van der Waals surface area contributed by atoms with E-state index in [4.69, 9.17) is 5.26 Å². The number of hydrogen-bond donors (Lipinski definition) is 2. The van der Waals surface area contributed by atoms with Crippen LogP contribution in [0.3, 0.4) is 0 Å². The zero-order chi connectivity index (χ0) is 20.7. The van der Waals surface area contributed by atoms with Gasteiger partial charge in [0.1, 0.15) is 5.69 Å². The van der Waals surface area contributed by atoms with Crippen molar-refractivity contribution in [3.8, 4) is 6.07 Å². The van der Waals surface area contributed by atoms with Crippen molar-refractivity contribution < 1.29 is 9.59 Å². The second-order valence-electron chi connectivity index (χ2n) is 6.87. The first kappa shape index (κ1) is 24.6. The minimum Gasteiger partial charge on any atom is -0.349 e. The summed E-state index contributed by atoms with van der Waals surface area (Å²) in [5.74, 6) is -0.640. The van der Waals surface area contributed by atoms with Gasteiger partial charge >= 0.3 is 0 Å². The van der Waals surface area contributed by atoms with E-state index < -0.39 is 0 Å². The Labute approximate surface area is 181 Å². The van der Waals surface area contributed by atoms with Crippen molar-refractivity contribution in [2.24, 2.45) is 0 Å². The average Bonchev–Trinajstić information content (AvgIpc) is 3.13. The number of rotatable bonds is 8. The number of thiazole rings is 1. The summed E-state index contributed by atoms with van der Waals surface area (Å²) in [4.78, 5) is 31.0. The molecule has 0 saturated heterocycles. The van der Waals surface area contributed by atoms with Gasteiger partial charge in [-0.25, -0.2) is 4.98 Å². The van der Waals surface area contributed by atoms with Crippen LogP contribution in [-0.2, 0) is 0 Å². The van der Waals surface area contributed by atoms with Crippen molar-refractivity contribution in [3.05, 3.63) is 46.5 Å². The Balaban J connectivity index is 0.00000420. The van der Waals surface area contributed by atoms with Crippen molar-refractivity contribution >= 4 is 40.7 Å². The molecule has 0 aliphatic heterocycles. The Morgan fingerprint density at radius 2 is 1.90 bits per heavy atom. The highest BCUT2D eigenvalue weighted by Crippen LogP contribution is 2.17. The van der Waals surface area contributed by atoms with Gasteiger partial charge in [0.2, 0.25) is 0 Å². The first-order valence-electron chi connectivity index (χ1n) is 9.12. The number of benzene rings is 1. The summed E-state index contributed by atoms with van der Waals surface area (Å²) in [6.07, 6.45) is 0.